The summed E-state index contributed by atoms with van der Waals surface area (Å²) in [5, 5.41) is 10.1. The lowest BCUT2D eigenvalue weighted by Crippen LogP contribution is -2.35. The number of anilines is 1. The third-order valence-electron chi connectivity index (χ3n) is 4.72. The van der Waals surface area contributed by atoms with Crippen LogP contribution in [0.3, 0.4) is 0 Å². The molecule has 1 fully saturated rings. The van der Waals surface area contributed by atoms with Crippen LogP contribution in [-0.4, -0.2) is 22.9 Å². The summed E-state index contributed by atoms with van der Waals surface area (Å²) in [6.45, 7) is 0. The van der Waals surface area contributed by atoms with Crippen LogP contribution in [0.5, 0.6) is 0 Å². The number of carbonyl (C=O) groups is 3. The number of hydrogen-bond acceptors (Lipinski definition) is 4. The molecule has 2 heterocycles. The Kier molecular flexibility index (Phi) is 5.46. The fourth-order valence-electron chi connectivity index (χ4n) is 3.13. The van der Waals surface area contributed by atoms with Gasteiger partial charge in [-0.05, 0) is 54.6 Å². The molecular formula is C22H12ClF3N2O5. The van der Waals surface area contributed by atoms with Gasteiger partial charge in [0.05, 0.1) is 21.8 Å². The Bertz CT molecular complexity index is 1330. The van der Waals surface area contributed by atoms with Crippen molar-refractivity contribution in [1.82, 2.24) is 5.43 Å². The predicted molar refractivity (Wildman–Crippen MR) is 111 cm³/mol. The van der Waals surface area contributed by atoms with Crippen LogP contribution in [0.4, 0.5) is 18.9 Å². The van der Waals surface area contributed by atoms with E-state index in [0.29, 0.717) is 5.01 Å². The predicted octanol–water partition coefficient (Wildman–Crippen LogP) is 4.78. The molecule has 0 aliphatic carbocycles. The van der Waals surface area contributed by atoms with Crippen molar-refractivity contribution < 1.29 is 37.1 Å². The molecule has 4 rings (SSSR count). The van der Waals surface area contributed by atoms with Gasteiger partial charge in [0.15, 0.2) is 0 Å². The maximum Gasteiger partial charge on any atom is 0.416 e. The van der Waals surface area contributed by atoms with Crippen molar-refractivity contribution in [2.24, 2.45) is 0 Å². The molecule has 2 amide bonds. The fourth-order valence-corrected chi connectivity index (χ4v) is 3.34. The van der Waals surface area contributed by atoms with E-state index in [0.717, 1.165) is 24.3 Å². The lowest BCUT2D eigenvalue weighted by atomic mass is 10.1. The van der Waals surface area contributed by atoms with Gasteiger partial charge in [-0.1, -0.05) is 17.7 Å². The number of aromatic carboxylic acids is 1. The molecule has 168 valence electrons. The van der Waals surface area contributed by atoms with E-state index in [-0.39, 0.29) is 38.9 Å². The number of hydrogen-bond donors (Lipinski definition) is 2. The number of nitrogens with one attached hydrogen (secondary N) is 1. The molecule has 7 nitrogen and oxygen atoms in total. The zero-order valence-corrected chi connectivity index (χ0v) is 17.1. The van der Waals surface area contributed by atoms with Crippen LogP contribution in [0.2, 0.25) is 5.02 Å². The van der Waals surface area contributed by atoms with Gasteiger partial charge < -0.3 is 9.52 Å². The molecule has 0 saturated carbocycles. The topological polar surface area (TPSA) is 99.9 Å². The first-order chi connectivity index (χ1) is 15.5. The molecule has 0 radical (unpaired) electrons. The van der Waals surface area contributed by atoms with Crippen molar-refractivity contribution in [2.75, 3.05) is 5.01 Å². The summed E-state index contributed by atoms with van der Waals surface area (Å²) in [5.74, 6) is -2.60. The van der Waals surface area contributed by atoms with Gasteiger partial charge in [-0.2, -0.15) is 13.2 Å². The molecule has 3 aromatic rings. The van der Waals surface area contributed by atoms with Gasteiger partial charge in [-0.25, -0.2) is 9.80 Å². The molecule has 1 aliphatic rings. The summed E-state index contributed by atoms with van der Waals surface area (Å²) in [6, 6.07) is 10.9. The Morgan fingerprint density at radius 2 is 1.85 bits per heavy atom. The maximum atomic E-state index is 13.0. The number of nitrogens with zero attached hydrogens (tertiary/aromatic N) is 1. The van der Waals surface area contributed by atoms with Crippen LogP contribution in [0.1, 0.15) is 21.7 Å². The number of furan rings is 1. The molecule has 0 bridgehead atoms. The molecule has 0 spiro atoms. The van der Waals surface area contributed by atoms with Crippen LogP contribution in [0, 0.1) is 0 Å². The van der Waals surface area contributed by atoms with E-state index in [1.165, 1.54) is 36.4 Å². The van der Waals surface area contributed by atoms with Crippen LogP contribution in [0.15, 0.2) is 64.6 Å². The first-order valence-corrected chi connectivity index (χ1v) is 9.60. The summed E-state index contributed by atoms with van der Waals surface area (Å²) >= 11 is 6.12. The van der Waals surface area contributed by atoms with Gasteiger partial charge in [-0.3, -0.25) is 15.0 Å². The van der Waals surface area contributed by atoms with E-state index in [2.05, 4.69) is 5.43 Å². The van der Waals surface area contributed by atoms with Gasteiger partial charge in [-0.15, -0.1) is 0 Å². The number of carboxylic acid groups (broad SMARTS) is 1. The average molecular weight is 477 g/mol. The number of carbonyl (C=O) groups excluding carboxylic acids is 2. The van der Waals surface area contributed by atoms with Crippen LogP contribution in [-0.2, 0) is 15.8 Å². The summed E-state index contributed by atoms with van der Waals surface area (Å²) in [6.07, 6.45) is -3.49. The van der Waals surface area contributed by atoms with E-state index >= 15 is 0 Å². The quantitative estimate of drug-likeness (QED) is 0.417. The SMILES string of the molecule is O=C1NN(c2cccc(C(F)(F)F)c2)C(=O)C1=Cc1ccc(-c2cc(C(=O)O)ccc2Cl)o1. The van der Waals surface area contributed by atoms with Gasteiger partial charge in [0.25, 0.3) is 11.8 Å². The monoisotopic (exact) mass is 476 g/mol. The highest BCUT2D eigenvalue weighted by atomic mass is 35.5. The Balaban J connectivity index is 1.63. The van der Waals surface area contributed by atoms with Crippen LogP contribution in [0.25, 0.3) is 17.4 Å². The molecule has 1 aliphatic heterocycles. The first kappa shape index (κ1) is 22.2. The molecule has 11 heteroatoms. The Morgan fingerprint density at radius 1 is 1.09 bits per heavy atom. The molecule has 0 unspecified atom stereocenters. The second kappa shape index (κ2) is 8.14. The van der Waals surface area contributed by atoms with Crippen molar-refractivity contribution in [1.29, 1.82) is 0 Å². The van der Waals surface area contributed by atoms with Gasteiger partial charge >= 0.3 is 12.1 Å². The number of amides is 2. The van der Waals surface area contributed by atoms with Crippen molar-refractivity contribution in [2.45, 2.75) is 6.18 Å². The van der Waals surface area contributed by atoms with Crippen molar-refractivity contribution >= 4 is 41.1 Å². The van der Waals surface area contributed by atoms with Crippen LogP contribution < -0.4 is 10.4 Å². The number of benzene rings is 2. The minimum atomic E-state index is -4.62. The first-order valence-electron chi connectivity index (χ1n) is 9.22. The summed E-state index contributed by atoms with van der Waals surface area (Å²) < 4.78 is 44.5. The minimum absolute atomic E-state index is 0.0206. The number of rotatable bonds is 4. The van der Waals surface area contributed by atoms with Crippen molar-refractivity contribution in [3.63, 3.8) is 0 Å². The molecule has 0 atom stereocenters. The van der Waals surface area contributed by atoms with E-state index in [1.807, 2.05) is 0 Å². The van der Waals surface area contributed by atoms with Gasteiger partial charge in [0.2, 0.25) is 0 Å². The van der Waals surface area contributed by atoms with Crippen molar-refractivity contribution in [3.05, 3.63) is 82.1 Å². The number of hydrazine groups is 1. The van der Waals surface area contributed by atoms with E-state index < -0.39 is 29.5 Å². The summed E-state index contributed by atoms with van der Waals surface area (Å²) in [4.78, 5) is 36.2. The Labute approximate surface area is 188 Å². The largest absolute Gasteiger partial charge is 0.478 e. The van der Waals surface area contributed by atoms with E-state index in [4.69, 9.17) is 21.1 Å². The standard InChI is InChI=1S/C22H12ClF3N2O5/c23-17-6-4-11(21(31)32)8-15(17)18-7-5-14(33-18)10-16-19(29)27-28(20(16)30)13-3-1-2-12(9-13)22(24,25)26/h1-10H,(H,27,29)(H,31,32). The zero-order chi connectivity index (χ0) is 23.9. The zero-order valence-electron chi connectivity index (χ0n) is 16.3. The maximum absolute atomic E-state index is 13.0. The molecule has 33 heavy (non-hydrogen) atoms. The second-order valence-corrected chi connectivity index (χ2v) is 7.30. The van der Waals surface area contributed by atoms with Gasteiger partial charge in [0.1, 0.15) is 17.1 Å². The normalized spacial score (nSPS) is 15.3. The molecule has 1 saturated heterocycles. The minimum Gasteiger partial charge on any atom is -0.478 e. The lowest BCUT2D eigenvalue weighted by Gasteiger charge is -2.16. The second-order valence-electron chi connectivity index (χ2n) is 6.89. The smallest absolute Gasteiger partial charge is 0.416 e. The third-order valence-corrected chi connectivity index (χ3v) is 5.04. The van der Waals surface area contributed by atoms with E-state index in [9.17, 15) is 27.6 Å². The molecule has 2 N–H and O–H groups in total. The molecule has 1 aromatic heterocycles. The number of carboxylic acids is 1. The van der Waals surface area contributed by atoms with Crippen LogP contribution >= 0.6 is 11.6 Å². The lowest BCUT2D eigenvalue weighted by molar-refractivity contribution is -0.137. The fraction of sp³-hybridized carbons (Fsp3) is 0.0455. The highest BCUT2D eigenvalue weighted by molar-refractivity contribution is 6.33. The molecule has 2 aromatic carbocycles. The Morgan fingerprint density at radius 3 is 2.55 bits per heavy atom. The summed E-state index contributed by atoms with van der Waals surface area (Å²) in [7, 11) is 0. The van der Waals surface area contributed by atoms with Gasteiger partial charge in [0, 0.05) is 5.56 Å². The Hall–Kier alpha value is -4.05. The average Bonchev–Trinajstić information content (AvgIpc) is 3.33. The third kappa shape index (κ3) is 4.33. The summed E-state index contributed by atoms with van der Waals surface area (Å²) in [5.41, 5.74) is 0.982. The highest BCUT2D eigenvalue weighted by Crippen LogP contribution is 2.33. The van der Waals surface area contributed by atoms with E-state index in [1.54, 1.807) is 0 Å². The molecular weight excluding hydrogens is 465 g/mol. The van der Waals surface area contributed by atoms with Crippen molar-refractivity contribution in [3.8, 4) is 11.3 Å². The number of halogens is 4. The number of alkyl halides is 3. The highest BCUT2D eigenvalue weighted by Gasteiger charge is 2.37.